The van der Waals surface area contributed by atoms with E-state index in [1.165, 1.54) is 19.8 Å². The standard InChI is InChI=1S/C20H23N3O4/c1-26-19(24)17-12-16(13-21-18(17)20(25)27-2)23-10-8-22(9-11-23)14-15-6-4-3-5-7-15/h3-7,12-13H,8-11,14H2,1-2H3. The van der Waals surface area contributed by atoms with Crippen LogP contribution in [0.15, 0.2) is 42.6 Å². The van der Waals surface area contributed by atoms with Crippen molar-refractivity contribution < 1.29 is 19.1 Å². The lowest BCUT2D eigenvalue weighted by Gasteiger charge is -2.36. The van der Waals surface area contributed by atoms with Crippen LogP contribution in [0.3, 0.4) is 0 Å². The van der Waals surface area contributed by atoms with Gasteiger partial charge in [0.2, 0.25) is 0 Å². The summed E-state index contributed by atoms with van der Waals surface area (Å²) < 4.78 is 9.48. The third kappa shape index (κ3) is 4.43. The number of aromatic nitrogens is 1. The first-order valence-electron chi connectivity index (χ1n) is 8.80. The van der Waals surface area contributed by atoms with Crippen molar-refractivity contribution in [2.24, 2.45) is 0 Å². The summed E-state index contributed by atoms with van der Waals surface area (Å²) in [4.78, 5) is 32.6. The highest BCUT2D eigenvalue weighted by molar-refractivity contribution is 6.02. The summed E-state index contributed by atoms with van der Waals surface area (Å²) >= 11 is 0. The average molecular weight is 369 g/mol. The molecule has 0 amide bonds. The third-order valence-electron chi connectivity index (χ3n) is 4.64. The lowest BCUT2D eigenvalue weighted by molar-refractivity contribution is 0.0550. The number of hydrogen-bond donors (Lipinski definition) is 0. The molecule has 2 aromatic rings. The van der Waals surface area contributed by atoms with Crippen LogP contribution in [0, 0.1) is 0 Å². The first-order chi connectivity index (χ1) is 13.1. The summed E-state index contributed by atoms with van der Waals surface area (Å²) in [7, 11) is 2.53. The van der Waals surface area contributed by atoms with Crippen LogP contribution in [-0.4, -0.2) is 62.2 Å². The fraction of sp³-hybridized carbons (Fsp3) is 0.350. The molecule has 2 heterocycles. The number of ether oxygens (including phenoxy) is 2. The number of nitrogens with zero attached hydrogens (tertiary/aromatic N) is 3. The molecular formula is C20H23N3O4. The van der Waals surface area contributed by atoms with Gasteiger partial charge >= 0.3 is 11.9 Å². The number of esters is 2. The van der Waals surface area contributed by atoms with Gasteiger partial charge in [-0.3, -0.25) is 4.90 Å². The Bertz CT molecular complexity index is 802. The van der Waals surface area contributed by atoms with E-state index in [0.29, 0.717) is 0 Å². The van der Waals surface area contributed by atoms with E-state index in [1.54, 1.807) is 12.3 Å². The number of piperazine rings is 1. The number of methoxy groups -OCH3 is 2. The van der Waals surface area contributed by atoms with Crippen LogP contribution in [0.2, 0.25) is 0 Å². The summed E-state index contributed by atoms with van der Waals surface area (Å²) in [6.07, 6.45) is 1.60. The lowest BCUT2D eigenvalue weighted by atomic mass is 10.1. The number of anilines is 1. The van der Waals surface area contributed by atoms with E-state index in [0.717, 1.165) is 38.4 Å². The van der Waals surface area contributed by atoms with Crippen LogP contribution in [-0.2, 0) is 16.0 Å². The largest absolute Gasteiger partial charge is 0.465 e. The molecule has 1 saturated heterocycles. The molecule has 3 rings (SSSR count). The number of carbonyl (C=O) groups excluding carboxylic acids is 2. The Labute approximate surface area is 158 Å². The van der Waals surface area contributed by atoms with Crippen molar-refractivity contribution in [3.05, 3.63) is 59.4 Å². The Morgan fingerprint density at radius 3 is 2.30 bits per heavy atom. The van der Waals surface area contributed by atoms with Crippen molar-refractivity contribution in [1.82, 2.24) is 9.88 Å². The minimum absolute atomic E-state index is 0.0317. The van der Waals surface area contributed by atoms with Gasteiger partial charge in [0.15, 0.2) is 5.69 Å². The zero-order valence-electron chi connectivity index (χ0n) is 15.6. The minimum atomic E-state index is -0.658. The van der Waals surface area contributed by atoms with Gasteiger partial charge < -0.3 is 14.4 Å². The smallest absolute Gasteiger partial charge is 0.357 e. The molecule has 0 N–H and O–H groups in total. The van der Waals surface area contributed by atoms with Crippen LogP contribution in [0.5, 0.6) is 0 Å². The first-order valence-corrected chi connectivity index (χ1v) is 8.80. The number of benzene rings is 1. The summed E-state index contributed by atoms with van der Waals surface area (Å²) in [5.74, 6) is -1.26. The maximum Gasteiger partial charge on any atom is 0.357 e. The lowest BCUT2D eigenvalue weighted by Crippen LogP contribution is -2.46. The van der Waals surface area contributed by atoms with Gasteiger partial charge in [-0.25, -0.2) is 14.6 Å². The van der Waals surface area contributed by atoms with E-state index in [2.05, 4.69) is 39.0 Å². The van der Waals surface area contributed by atoms with E-state index in [4.69, 9.17) is 9.47 Å². The number of pyridine rings is 1. The fourth-order valence-corrected chi connectivity index (χ4v) is 3.16. The molecule has 0 unspecified atom stereocenters. The van der Waals surface area contributed by atoms with Gasteiger partial charge in [-0.15, -0.1) is 0 Å². The van der Waals surface area contributed by atoms with Crippen LogP contribution in [0.1, 0.15) is 26.4 Å². The van der Waals surface area contributed by atoms with Gasteiger partial charge in [-0.05, 0) is 11.6 Å². The highest BCUT2D eigenvalue weighted by Crippen LogP contribution is 2.21. The molecule has 0 radical (unpaired) electrons. The fourth-order valence-electron chi connectivity index (χ4n) is 3.16. The predicted octanol–water partition coefficient (Wildman–Crippen LogP) is 1.98. The van der Waals surface area contributed by atoms with E-state index >= 15 is 0 Å². The summed E-state index contributed by atoms with van der Waals surface area (Å²) in [6.45, 7) is 4.35. The van der Waals surface area contributed by atoms with E-state index in [9.17, 15) is 9.59 Å². The molecule has 0 atom stereocenters. The Morgan fingerprint density at radius 2 is 1.67 bits per heavy atom. The Kier molecular flexibility index (Phi) is 6.03. The molecule has 7 heteroatoms. The zero-order valence-corrected chi connectivity index (χ0v) is 15.6. The first kappa shape index (κ1) is 18.8. The second-order valence-electron chi connectivity index (χ2n) is 6.32. The van der Waals surface area contributed by atoms with Gasteiger partial charge in [-0.2, -0.15) is 0 Å². The van der Waals surface area contributed by atoms with E-state index in [-0.39, 0.29) is 11.3 Å². The molecule has 1 aromatic heterocycles. The van der Waals surface area contributed by atoms with Crippen LogP contribution < -0.4 is 4.90 Å². The highest BCUT2D eigenvalue weighted by Gasteiger charge is 2.24. The molecule has 1 aliphatic rings. The van der Waals surface area contributed by atoms with Gasteiger partial charge in [0.05, 0.1) is 31.7 Å². The molecular weight excluding hydrogens is 346 g/mol. The average Bonchev–Trinajstić information content (AvgIpc) is 2.73. The molecule has 0 aliphatic carbocycles. The maximum atomic E-state index is 12.0. The molecule has 1 aromatic carbocycles. The molecule has 0 spiro atoms. The van der Waals surface area contributed by atoms with Crippen molar-refractivity contribution >= 4 is 17.6 Å². The summed E-state index contributed by atoms with van der Waals surface area (Å²) in [5.41, 5.74) is 2.18. The van der Waals surface area contributed by atoms with Crippen molar-refractivity contribution in [3.63, 3.8) is 0 Å². The van der Waals surface area contributed by atoms with Crippen LogP contribution >= 0.6 is 0 Å². The van der Waals surface area contributed by atoms with Gasteiger partial charge in [0.1, 0.15) is 0 Å². The topological polar surface area (TPSA) is 72.0 Å². The minimum Gasteiger partial charge on any atom is -0.465 e. The van der Waals surface area contributed by atoms with E-state index in [1.807, 2.05) is 6.07 Å². The quantitative estimate of drug-likeness (QED) is 0.746. The molecule has 7 nitrogen and oxygen atoms in total. The monoisotopic (exact) mass is 369 g/mol. The molecule has 27 heavy (non-hydrogen) atoms. The SMILES string of the molecule is COC(=O)c1cc(N2CCN(Cc3ccccc3)CC2)cnc1C(=O)OC. The third-order valence-corrected chi connectivity index (χ3v) is 4.64. The molecule has 0 saturated carbocycles. The van der Waals surface area contributed by atoms with E-state index < -0.39 is 11.9 Å². The highest BCUT2D eigenvalue weighted by atomic mass is 16.5. The van der Waals surface area contributed by atoms with Crippen molar-refractivity contribution in [1.29, 1.82) is 0 Å². The van der Waals surface area contributed by atoms with Gasteiger partial charge in [0, 0.05) is 32.7 Å². The Balaban J connectivity index is 1.70. The summed E-state index contributed by atoms with van der Waals surface area (Å²) in [6, 6.07) is 12.0. The summed E-state index contributed by atoms with van der Waals surface area (Å²) in [5, 5.41) is 0. The molecule has 0 bridgehead atoms. The number of carbonyl (C=O) groups is 2. The normalized spacial score (nSPS) is 14.7. The van der Waals surface area contributed by atoms with Gasteiger partial charge in [-0.1, -0.05) is 30.3 Å². The number of hydrogen-bond acceptors (Lipinski definition) is 7. The Hall–Kier alpha value is -2.93. The van der Waals surface area contributed by atoms with Crippen molar-refractivity contribution in [2.75, 3.05) is 45.3 Å². The predicted molar refractivity (Wildman–Crippen MR) is 101 cm³/mol. The molecule has 1 fully saturated rings. The number of rotatable bonds is 5. The molecule has 142 valence electrons. The van der Waals surface area contributed by atoms with Gasteiger partial charge in [0.25, 0.3) is 0 Å². The maximum absolute atomic E-state index is 12.0. The second-order valence-corrected chi connectivity index (χ2v) is 6.32. The second kappa shape index (κ2) is 8.64. The van der Waals surface area contributed by atoms with Crippen molar-refractivity contribution in [3.8, 4) is 0 Å². The van der Waals surface area contributed by atoms with Crippen molar-refractivity contribution in [2.45, 2.75) is 6.54 Å². The molecule has 1 aliphatic heterocycles. The Morgan fingerprint density at radius 1 is 1.00 bits per heavy atom. The van der Waals surface area contributed by atoms with Crippen LogP contribution in [0.25, 0.3) is 0 Å². The zero-order chi connectivity index (χ0) is 19.2. The van der Waals surface area contributed by atoms with Crippen LogP contribution in [0.4, 0.5) is 5.69 Å².